The molecule has 35 heavy (non-hydrogen) atoms. The van der Waals surface area contributed by atoms with Gasteiger partial charge < -0.3 is 14.6 Å². The normalized spacial score (nSPS) is 18.7. The van der Waals surface area contributed by atoms with E-state index in [4.69, 9.17) is 9.47 Å². The third-order valence-corrected chi connectivity index (χ3v) is 7.58. The summed E-state index contributed by atoms with van der Waals surface area (Å²) < 4.78 is 10.3. The predicted octanol–water partition coefficient (Wildman–Crippen LogP) is 2.49. The van der Waals surface area contributed by atoms with Crippen LogP contribution in [0.1, 0.15) is 70.6 Å². The maximum atomic E-state index is 13.2. The van der Waals surface area contributed by atoms with Gasteiger partial charge in [-0.1, -0.05) is 6.07 Å². The van der Waals surface area contributed by atoms with Crippen molar-refractivity contribution in [2.45, 2.75) is 40.1 Å². The van der Waals surface area contributed by atoms with Crippen molar-refractivity contribution in [3.63, 3.8) is 0 Å². The molecule has 0 unspecified atom stereocenters. The van der Waals surface area contributed by atoms with Gasteiger partial charge >= 0.3 is 11.9 Å². The molecule has 8 heteroatoms. The second kappa shape index (κ2) is 9.18. The standard InChI is InChI=1S/C27H30N2O6/c1-15-10-20-22(14-35-27(20)33)17(3)25(15)24(31)12-29-8-6-28(7-9-29)11-23(30)18-4-5-19-21(16(18)2)13-34-26(19)32/h4-5,10,23,30H,6-9,11-14H2,1-3H3/t23-/m0/s1. The molecule has 1 fully saturated rings. The Morgan fingerprint density at radius 1 is 0.914 bits per heavy atom. The van der Waals surface area contributed by atoms with Gasteiger partial charge in [0.1, 0.15) is 13.2 Å². The van der Waals surface area contributed by atoms with E-state index < -0.39 is 6.10 Å². The summed E-state index contributed by atoms with van der Waals surface area (Å²) in [6.45, 7) is 9.96. The summed E-state index contributed by atoms with van der Waals surface area (Å²) in [6, 6.07) is 5.33. The summed E-state index contributed by atoms with van der Waals surface area (Å²) in [6.07, 6.45) is -0.661. The number of nitrogens with zero attached hydrogens (tertiary/aromatic N) is 2. The minimum atomic E-state index is -0.661. The second-order valence-corrected chi connectivity index (χ2v) is 9.69. The van der Waals surface area contributed by atoms with Gasteiger partial charge in [0.05, 0.1) is 23.8 Å². The molecule has 184 valence electrons. The van der Waals surface area contributed by atoms with Crippen LogP contribution in [0.2, 0.25) is 0 Å². The van der Waals surface area contributed by atoms with E-state index in [1.54, 1.807) is 12.1 Å². The van der Waals surface area contributed by atoms with Crippen LogP contribution in [-0.4, -0.2) is 71.9 Å². The Hall–Kier alpha value is -3.07. The highest BCUT2D eigenvalue weighted by molar-refractivity contribution is 6.03. The summed E-state index contributed by atoms with van der Waals surface area (Å²) in [5.74, 6) is -0.566. The number of aliphatic hydroxyl groups is 1. The van der Waals surface area contributed by atoms with Crippen molar-refractivity contribution < 1.29 is 29.0 Å². The molecule has 0 amide bonds. The van der Waals surface area contributed by atoms with Crippen molar-refractivity contribution in [3.05, 3.63) is 68.3 Å². The van der Waals surface area contributed by atoms with Crippen LogP contribution < -0.4 is 0 Å². The van der Waals surface area contributed by atoms with Crippen LogP contribution >= 0.6 is 0 Å². The maximum absolute atomic E-state index is 13.2. The number of aliphatic hydroxyl groups excluding tert-OH is 1. The molecule has 0 bridgehead atoms. The van der Waals surface area contributed by atoms with Gasteiger partial charge in [-0.2, -0.15) is 0 Å². The fourth-order valence-corrected chi connectivity index (χ4v) is 5.52. The van der Waals surface area contributed by atoms with E-state index >= 15 is 0 Å². The first-order chi connectivity index (χ1) is 16.7. The molecule has 5 rings (SSSR count). The lowest BCUT2D eigenvalue weighted by Gasteiger charge is -2.35. The minimum Gasteiger partial charge on any atom is -0.457 e. The van der Waals surface area contributed by atoms with Crippen molar-refractivity contribution in [3.8, 4) is 0 Å². The van der Waals surface area contributed by atoms with Crippen LogP contribution in [0, 0.1) is 20.8 Å². The number of ether oxygens (including phenoxy) is 2. The highest BCUT2D eigenvalue weighted by Gasteiger charge is 2.30. The van der Waals surface area contributed by atoms with Crippen LogP contribution in [0.4, 0.5) is 0 Å². The van der Waals surface area contributed by atoms with Crippen molar-refractivity contribution in [2.75, 3.05) is 39.3 Å². The summed E-state index contributed by atoms with van der Waals surface area (Å²) in [5, 5.41) is 10.9. The van der Waals surface area contributed by atoms with E-state index in [0.717, 1.165) is 59.6 Å². The summed E-state index contributed by atoms with van der Waals surface area (Å²) in [4.78, 5) is 41.2. The molecule has 0 aliphatic carbocycles. The molecule has 1 N–H and O–H groups in total. The van der Waals surface area contributed by atoms with Gasteiger partial charge in [-0.05, 0) is 55.2 Å². The lowest BCUT2D eigenvalue weighted by atomic mass is 9.91. The largest absolute Gasteiger partial charge is 0.457 e. The van der Waals surface area contributed by atoms with Gasteiger partial charge in [0.2, 0.25) is 0 Å². The molecule has 2 aromatic carbocycles. The second-order valence-electron chi connectivity index (χ2n) is 9.69. The van der Waals surface area contributed by atoms with Crippen molar-refractivity contribution in [1.82, 2.24) is 9.80 Å². The van der Waals surface area contributed by atoms with E-state index in [1.807, 2.05) is 26.8 Å². The number of carbonyl (C=O) groups is 3. The van der Waals surface area contributed by atoms with Crippen LogP contribution in [0.25, 0.3) is 0 Å². The molecule has 3 heterocycles. The smallest absolute Gasteiger partial charge is 0.338 e. The number of aryl methyl sites for hydroxylation is 1. The minimum absolute atomic E-state index is 0.0566. The molecule has 0 radical (unpaired) electrons. The number of hydrogen-bond acceptors (Lipinski definition) is 8. The number of ketones is 1. The SMILES string of the molecule is Cc1cc2c(c(C)c1C(=O)CN1CCN(C[C@H](O)c3ccc4c(c3C)COC4=O)CC1)COC2=O. The number of esters is 2. The molecular formula is C27H30N2O6. The number of Topliss-reactive ketones (excluding diaryl/α,β-unsaturated/α-hetero) is 1. The topological polar surface area (TPSA) is 96.4 Å². The first-order valence-electron chi connectivity index (χ1n) is 12.0. The zero-order valence-electron chi connectivity index (χ0n) is 20.3. The molecule has 3 aliphatic rings. The van der Waals surface area contributed by atoms with Gasteiger partial charge in [-0.15, -0.1) is 0 Å². The molecule has 2 aromatic rings. The molecule has 1 atom stereocenters. The van der Waals surface area contributed by atoms with E-state index in [9.17, 15) is 19.5 Å². The Morgan fingerprint density at radius 2 is 1.51 bits per heavy atom. The van der Waals surface area contributed by atoms with Crippen LogP contribution in [0.3, 0.4) is 0 Å². The Bertz CT molecular complexity index is 1230. The fourth-order valence-electron chi connectivity index (χ4n) is 5.52. The van der Waals surface area contributed by atoms with Crippen molar-refractivity contribution >= 4 is 17.7 Å². The quantitative estimate of drug-likeness (QED) is 0.500. The van der Waals surface area contributed by atoms with Crippen LogP contribution in [0.15, 0.2) is 18.2 Å². The van der Waals surface area contributed by atoms with E-state index in [-0.39, 0.29) is 30.9 Å². The number of cyclic esters (lactones) is 2. The Balaban J connectivity index is 1.19. The molecule has 3 aliphatic heterocycles. The van der Waals surface area contributed by atoms with E-state index in [0.29, 0.717) is 29.8 Å². The van der Waals surface area contributed by atoms with Crippen molar-refractivity contribution in [2.24, 2.45) is 0 Å². The predicted molar refractivity (Wildman–Crippen MR) is 128 cm³/mol. The van der Waals surface area contributed by atoms with Gasteiger partial charge in [0, 0.05) is 49.4 Å². The van der Waals surface area contributed by atoms with E-state index in [2.05, 4.69) is 9.80 Å². The fraction of sp³-hybridized carbons (Fsp3) is 0.444. The Labute approximate surface area is 204 Å². The van der Waals surface area contributed by atoms with Gasteiger partial charge in [0.25, 0.3) is 0 Å². The highest BCUT2D eigenvalue weighted by Crippen LogP contribution is 2.30. The maximum Gasteiger partial charge on any atom is 0.338 e. The number of β-amino-alcohol motifs (C(OH)–C–C–N with tert-alkyl or cyclic N) is 1. The number of benzene rings is 2. The average molecular weight is 479 g/mol. The Kier molecular flexibility index (Phi) is 6.21. The zero-order valence-corrected chi connectivity index (χ0v) is 20.3. The average Bonchev–Trinajstić information content (AvgIpc) is 3.38. The lowest BCUT2D eigenvalue weighted by molar-refractivity contribution is 0.0525. The molecule has 0 spiro atoms. The number of piperazine rings is 1. The third-order valence-electron chi connectivity index (χ3n) is 7.58. The molecular weight excluding hydrogens is 448 g/mol. The third kappa shape index (κ3) is 4.26. The zero-order chi connectivity index (χ0) is 24.9. The number of fused-ring (bicyclic) bond motifs is 2. The number of hydrogen-bond donors (Lipinski definition) is 1. The lowest BCUT2D eigenvalue weighted by Crippen LogP contribution is -2.49. The summed E-state index contributed by atoms with van der Waals surface area (Å²) >= 11 is 0. The molecule has 0 aromatic heterocycles. The van der Waals surface area contributed by atoms with E-state index in [1.165, 1.54) is 0 Å². The summed E-state index contributed by atoms with van der Waals surface area (Å²) in [7, 11) is 0. The van der Waals surface area contributed by atoms with Gasteiger partial charge in [0.15, 0.2) is 5.78 Å². The first kappa shape index (κ1) is 23.7. The Morgan fingerprint density at radius 3 is 2.20 bits per heavy atom. The molecule has 8 nitrogen and oxygen atoms in total. The van der Waals surface area contributed by atoms with Gasteiger partial charge in [-0.25, -0.2) is 9.59 Å². The molecule has 1 saturated heterocycles. The van der Waals surface area contributed by atoms with Gasteiger partial charge in [-0.3, -0.25) is 14.6 Å². The van der Waals surface area contributed by atoms with Crippen LogP contribution in [-0.2, 0) is 22.7 Å². The van der Waals surface area contributed by atoms with Crippen molar-refractivity contribution in [1.29, 1.82) is 0 Å². The number of rotatable bonds is 6. The number of carbonyl (C=O) groups excluding carboxylic acids is 3. The monoisotopic (exact) mass is 478 g/mol. The van der Waals surface area contributed by atoms with Crippen LogP contribution in [0.5, 0.6) is 0 Å². The molecule has 0 saturated carbocycles. The highest BCUT2D eigenvalue weighted by atomic mass is 16.5. The first-order valence-corrected chi connectivity index (χ1v) is 12.0. The summed E-state index contributed by atoms with van der Waals surface area (Å²) in [5.41, 5.74) is 6.92.